The standard InChI is InChI=1S/C16H16BrNO2/c1-11-6-7-14(17)8-13(11)10-18(2)15-5-3-4-12(9-15)16(19)20/h3-9H,10H2,1-2H3,(H,19,20). The first kappa shape index (κ1) is 14.6. The normalized spacial score (nSPS) is 10.3. The van der Waals surface area contributed by atoms with E-state index in [4.69, 9.17) is 5.11 Å². The molecule has 0 saturated carbocycles. The van der Waals surface area contributed by atoms with Crippen molar-refractivity contribution in [2.75, 3.05) is 11.9 Å². The summed E-state index contributed by atoms with van der Waals surface area (Å²) >= 11 is 3.48. The highest BCUT2D eigenvalue weighted by molar-refractivity contribution is 9.10. The molecule has 0 spiro atoms. The minimum atomic E-state index is -0.904. The van der Waals surface area contributed by atoms with E-state index in [1.807, 2.05) is 24.1 Å². The first-order valence-electron chi connectivity index (χ1n) is 6.27. The lowest BCUT2D eigenvalue weighted by molar-refractivity contribution is 0.0697. The van der Waals surface area contributed by atoms with Gasteiger partial charge in [-0.25, -0.2) is 4.79 Å². The molecule has 0 bridgehead atoms. The van der Waals surface area contributed by atoms with Crippen LogP contribution in [-0.4, -0.2) is 18.1 Å². The average Bonchev–Trinajstić information content (AvgIpc) is 2.43. The number of aromatic carboxylic acids is 1. The lowest BCUT2D eigenvalue weighted by Gasteiger charge is -2.21. The molecule has 2 aromatic rings. The van der Waals surface area contributed by atoms with Crippen molar-refractivity contribution in [2.24, 2.45) is 0 Å². The Morgan fingerprint density at radius 1 is 1.25 bits per heavy atom. The van der Waals surface area contributed by atoms with Crippen LogP contribution in [0.3, 0.4) is 0 Å². The Morgan fingerprint density at radius 3 is 2.70 bits per heavy atom. The van der Waals surface area contributed by atoms with Crippen LogP contribution in [0, 0.1) is 6.92 Å². The molecule has 0 saturated heterocycles. The fraction of sp³-hybridized carbons (Fsp3) is 0.188. The molecule has 104 valence electrons. The Morgan fingerprint density at radius 2 is 2.00 bits per heavy atom. The third-order valence-corrected chi connectivity index (χ3v) is 3.75. The van der Waals surface area contributed by atoms with Gasteiger partial charge in [0, 0.05) is 23.8 Å². The second kappa shape index (κ2) is 6.09. The molecular weight excluding hydrogens is 318 g/mol. The van der Waals surface area contributed by atoms with Gasteiger partial charge in [-0.15, -0.1) is 0 Å². The maximum Gasteiger partial charge on any atom is 0.335 e. The molecular formula is C16H16BrNO2. The van der Waals surface area contributed by atoms with Crippen LogP contribution in [0.25, 0.3) is 0 Å². The van der Waals surface area contributed by atoms with Gasteiger partial charge in [-0.2, -0.15) is 0 Å². The van der Waals surface area contributed by atoms with Gasteiger partial charge in [0.05, 0.1) is 5.56 Å². The van der Waals surface area contributed by atoms with E-state index in [0.717, 1.165) is 16.7 Å². The van der Waals surface area contributed by atoms with Gasteiger partial charge in [-0.05, 0) is 48.4 Å². The summed E-state index contributed by atoms with van der Waals surface area (Å²) in [6.45, 7) is 2.80. The van der Waals surface area contributed by atoms with Gasteiger partial charge in [-0.3, -0.25) is 0 Å². The fourth-order valence-corrected chi connectivity index (χ4v) is 2.44. The second-order valence-corrected chi connectivity index (χ2v) is 5.70. The topological polar surface area (TPSA) is 40.5 Å². The van der Waals surface area contributed by atoms with Crippen LogP contribution in [0.2, 0.25) is 0 Å². The number of hydrogen-bond acceptors (Lipinski definition) is 2. The summed E-state index contributed by atoms with van der Waals surface area (Å²) in [5.74, 6) is -0.904. The fourth-order valence-electron chi connectivity index (χ4n) is 2.03. The number of rotatable bonds is 4. The highest BCUT2D eigenvalue weighted by atomic mass is 79.9. The molecule has 0 aromatic heterocycles. The molecule has 0 amide bonds. The SMILES string of the molecule is Cc1ccc(Br)cc1CN(C)c1cccc(C(=O)O)c1. The summed E-state index contributed by atoms with van der Waals surface area (Å²) in [7, 11) is 1.96. The third-order valence-electron chi connectivity index (χ3n) is 3.25. The zero-order valence-corrected chi connectivity index (χ0v) is 13.0. The second-order valence-electron chi connectivity index (χ2n) is 4.78. The molecule has 0 aliphatic heterocycles. The lowest BCUT2D eigenvalue weighted by atomic mass is 10.1. The number of anilines is 1. The van der Waals surface area contributed by atoms with E-state index >= 15 is 0 Å². The zero-order valence-electron chi connectivity index (χ0n) is 11.4. The van der Waals surface area contributed by atoms with Crippen LogP contribution in [-0.2, 0) is 6.54 Å². The molecule has 0 atom stereocenters. The Labute approximate surface area is 127 Å². The first-order chi connectivity index (χ1) is 9.47. The number of halogens is 1. The smallest absolute Gasteiger partial charge is 0.335 e. The summed E-state index contributed by atoms with van der Waals surface area (Å²) in [6.07, 6.45) is 0. The van der Waals surface area contributed by atoms with Crippen LogP contribution < -0.4 is 4.90 Å². The van der Waals surface area contributed by atoms with Crippen LogP contribution in [0.5, 0.6) is 0 Å². The molecule has 0 heterocycles. The van der Waals surface area contributed by atoms with Crippen molar-refractivity contribution >= 4 is 27.6 Å². The molecule has 0 radical (unpaired) electrons. The summed E-state index contributed by atoms with van der Waals surface area (Å²) in [6, 6.07) is 13.2. The predicted octanol–water partition coefficient (Wildman–Crippen LogP) is 4.09. The quantitative estimate of drug-likeness (QED) is 0.915. The van der Waals surface area contributed by atoms with E-state index in [0.29, 0.717) is 5.56 Å². The highest BCUT2D eigenvalue weighted by Crippen LogP contribution is 2.21. The van der Waals surface area contributed by atoms with Crippen LogP contribution in [0.1, 0.15) is 21.5 Å². The first-order valence-corrected chi connectivity index (χ1v) is 7.06. The van der Waals surface area contributed by atoms with E-state index in [2.05, 4.69) is 35.0 Å². The summed E-state index contributed by atoms with van der Waals surface area (Å²) in [5.41, 5.74) is 3.63. The van der Waals surface area contributed by atoms with Crippen LogP contribution >= 0.6 is 15.9 Å². The van der Waals surface area contributed by atoms with Crippen molar-refractivity contribution in [3.8, 4) is 0 Å². The number of carboxylic acids is 1. The zero-order chi connectivity index (χ0) is 14.7. The minimum absolute atomic E-state index is 0.306. The number of carbonyl (C=O) groups is 1. The van der Waals surface area contributed by atoms with Crippen molar-refractivity contribution in [2.45, 2.75) is 13.5 Å². The maximum atomic E-state index is 11.0. The highest BCUT2D eigenvalue weighted by Gasteiger charge is 2.08. The summed E-state index contributed by atoms with van der Waals surface area (Å²) in [5, 5.41) is 9.04. The summed E-state index contributed by atoms with van der Waals surface area (Å²) in [4.78, 5) is 13.1. The van der Waals surface area contributed by atoms with Gasteiger partial charge in [-0.1, -0.05) is 28.1 Å². The lowest BCUT2D eigenvalue weighted by Crippen LogP contribution is -2.17. The Bertz CT molecular complexity index is 640. The molecule has 0 aliphatic rings. The minimum Gasteiger partial charge on any atom is -0.478 e. The van der Waals surface area contributed by atoms with Crippen molar-refractivity contribution in [3.05, 3.63) is 63.6 Å². The van der Waals surface area contributed by atoms with E-state index in [9.17, 15) is 4.79 Å². The number of aryl methyl sites for hydroxylation is 1. The number of nitrogens with zero attached hydrogens (tertiary/aromatic N) is 1. The predicted molar refractivity (Wildman–Crippen MR) is 84.4 cm³/mol. The Kier molecular flexibility index (Phi) is 4.45. The molecule has 3 nitrogen and oxygen atoms in total. The molecule has 0 fully saturated rings. The molecule has 0 aliphatic carbocycles. The van der Waals surface area contributed by atoms with Crippen LogP contribution in [0.4, 0.5) is 5.69 Å². The third kappa shape index (κ3) is 3.39. The molecule has 4 heteroatoms. The van der Waals surface area contributed by atoms with Gasteiger partial charge in [0.1, 0.15) is 0 Å². The van der Waals surface area contributed by atoms with E-state index in [1.54, 1.807) is 18.2 Å². The van der Waals surface area contributed by atoms with Crippen molar-refractivity contribution in [3.63, 3.8) is 0 Å². The molecule has 20 heavy (non-hydrogen) atoms. The van der Waals surface area contributed by atoms with Crippen molar-refractivity contribution in [1.82, 2.24) is 0 Å². The van der Waals surface area contributed by atoms with E-state index in [-0.39, 0.29) is 0 Å². The Hall–Kier alpha value is -1.81. The number of benzene rings is 2. The van der Waals surface area contributed by atoms with E-state index in [1.165, 1.54) is 11.1 Å². The van der Waals surface area contributed by atoms with Gasteiger partial charge in [0.15, 0.2) is 0 Å². The van der Waals surface area contributed by atoms with Gasteiger partial charge < -0.3 is 10.0 Å². The van der Waals surface area contributed by atoms with Gasteiger partial charge in [0.2, 0.25) is 0 Å². The number of hydrogen-bond donors (Lipinski definition) is 1. The molecule has 1 N–H and O–H groups in total. The Balaban J connectivity index is 2.23. The van der Waals surface area contributed by atoms with E-state index < -0.39 is 5.97 Å². The number of carboxylic acid groups (broad SMARTS) is 1. The van der Waals surface area contributed by atoms with Gasteiger partial charge in [0.25, 0.3) is 0 Å². The molecule has 2 aromatic carbocycles. The van der Waals surface area contributed by atoms with Gasteiger partial charge >= 0.3 is 5.97 Å². The maximum absolute atomic E-state index is 11.0. The molecule has 0 unspecified atom stereocenters. The summed E-state index contributed by atoms with van der Waals surface area (Å²) < 4.78 is 1.05. The molecule has 2 rings (SSSR count). The monoisotopic (exact) mass is 333 g/mol. The van der Waals surface area contributed by atoms with Crippen molar-refractivity contribution in [1.29, 1.82) is 0 Å². The van der Waals surface area contributed by atoms with Crippen LogP contribution in [0.15, 0.2) is 46.9 Å². The average molecular weight is 334 g/mol. The largest absolute Gasteiger partial charge is 0.478 e. The van der Waals surface area contributed by atoms with Crippen molar-refractivity contribution < 1.29 is 9.90 Å².